The third-order valence-corrected chi connectivity index (χ3v) is 7.30. The molecule has 0 aliphatic rings. The Hall–Kier alpha value is -0.130. The van der Waals surface area contributed by atoms with Gasteiger partial charge >= 0.3 is 0 Å². The maximum Gasteiger partial charge on any atom is 0.265 e. The third-order valence-electron chi connectivity index (χ3n) is 6.49. The first-order valence-corrected chi connectivity index (χ1v) is 14.8. The van der Waals surface area contributed by atoms with E-state index in [1.807, 2.05) is 0 Å². The van der Waals surface area contributed by atoms with Crippen LogP contribution in [0.15, 0.2) is 0 Å². The van der Waals surface area contributed by atoms with E-state index in [0.29, 0.717) is 6.42 Å². The van der Waals surface area contributed by atoms with Crippen LogP contribution < -0.4 is 0 Å². The molecule has 0 radical (unpaired) electrons. The minimum absolute atomic E-state index is 0.0936. The molecular formula is C25H54NO3S+. The molecule has 0 spiro atoms. The van der Waals surface area contributed by atoms with Crippen molar-refractivity contribution in [1.82, 2.24) is 0 Å². The predicted molar refractivity (Wildman–Crippen MR) is 132 cm³/mol. The zero-order valence-corrected chi connectivity index (χ0v) is 21.5. The zero-order valence-electron chi connectivity index (χ0n) is 20.7. The largest absolute Gasteiger partial charge is 0.324 e. The van der Waals surface area contributed by atoms with Crippen LogP contribution in [0.5, 0.6) is 0 Å². The summed E-state index contributed by atoms with van der Waals surface area (Å²) in [5, 5.41) is 0. The van der Waals surface area contributed by atoms with Crippen LogP contribution in [0.25, 0.3) is 0 Å². The van der Waals surface area contributed by atoms with Gasteiger partial charge in [-0.05, 0) is 25.7 Å². The van der Waals surface area contributed by atoms with Gasteiger partial charge in [0.15, 0.2) is 0 Å². The molecule has 0 heterocycles. The van der Waals surface area contributed by atoms with Gasteiger partial charge in [0.1, 0.15) is 0 Å². The van der Waals surface area contributed by atoms with Crippen molar-refractivity contribution >= 4 is 10.1 Å². The molecule has 0 rings (SSSR count). The highest BCUT2D eigenvalue weighted by Gasteiger charge is 2.26. The zero-order chi connectivity index (χ0) is 22.6. The summed E-state index contributed by atoms with van der Waals surface area (Å²) in [6.45, 7) is 11.1. The molecule has 0 fully saturated rings. The first-order chi connectivity index (χ1) is 14.4. The summed E-state index contributed by atoms with van der Waals surface area (Å²) in [4.78, 5) is 0. The van der Waals surface area contributed by atoms with Gasteiger partial charge in [-0.15, -0.1) is 0 Å². The first kappa shape index (κ1) is 29.9. The molecule has 0 aromatic rings. The van der Waals surface area contributed by atoms with Crippen molar-refractivity contribution in [3.63, 3.8) is 0 Å². The fraction of sp³-hybridized carbons (Fsp3) is 1.00. The smallest absolute Gasteiger partial charge is 0.265 e. The van der Waals surface area contributed by atoms with Gasteiger partial charge in [-0.2, -0.15) is 8.42 Å². The van der Waals surface area contributed by atoms with Crippen LogP contribution in [-0.4, -0.2) is 49.4 Å². The third kappa shape index (κ3) is 18.6. The molecule has 0 saturated heterocycles. The number of hydrogen-bond acceptors (Lipinski definition) is 2. The Bertz CT molecular complexity index is 457. The minimum Gasteiger partial charge on any atom is -0.324 e. The lowest BCUT2D eigenvalue weighted by atomic mass is 10.0. The van der Waals surface area contributed by atoms with E-state index in [-0.39, 0.29) is 5.75 Å². The Morgan fingerprint density at radius 3 is 1.23 bits per heavy atom. The fourth-order valence-corrected chi connectivity index (χ4v) is 5.02. The van der Waals surface area contributed by atoms with Gasteiger partial charge in [0.05, 0.1) is 31.9 Å². The van der Waals surface area contributed by atoms with Crippen LogP contribution in [0.1, 0.15) is 130 Å². The van der Waals surface area contributed by atoms with Crippen LogP contribution in [0.4, 0.5) is 0 Å². The maximum atomic E-state index is 11.2. The van der Waals surface area contributed by atoms with Crippen molar-refractivity contribution < 1.29 is 17.5 Å². The fourth-order valence-electron chi connectivity index (χ4n) is 4.53. The average molecular weight is 449 g/mol. The summed E-state index contributed by atoms with van der Waals surface area (Å²) < 4.78 is 32.5. The molecule has 0 unspecified atom stereocenters. The molecule has 4 nitrogen and oxygen atoms in total. The standard InChI is InChI=1S/C25H53NO3S/c1-4-7-10-11-12-13-14-15-16-17-18-19-23-26(21-8-5-2,22-9-6-3)24-20-25-30(27,28)29/h4-25H2,1-3H3/p+1. The Labute approximate surface area is 189 Å². The summed E-state index contributed by atoms with van der Waals surface area (Å²) in [7, 11) is -3.84. The number of rotatable bonds is 23. The molecular weight excluding hydrogens is 394 g/mol. The molecule has 0 aromatic carbocycles. The lowest BCUT2D eigenvalue weighted by Gasteiger charge is -2.39. The second-order valence-electron chi connectivity index (χ2n) is 9.47. The molecule has 5 heteroatoms. The summed E-state index contributed by atoms with van der Waals surface area (Å²) in [5.74, 6) is -0.0936. The Balaban J connectivity index is 4.19. The van der Waals surface area contributed by atoms with Gasteiger partial charge in [0.25, 0.3) is 10.1 Å². The van der Waals surface area contributed by atoms with Gasteiger partial charge in [-0.3, -0.25) is 4.55 Å². The summed E-state index contributed by atoms with van der Waals surface area (Å²) >= 11 is 0. The van der Waals surface area contributed by atoms with Crippen LogP contribution >= 0.6 is 0 Å². The number of unbranched alkanes of at least 4 members (excludes halogenated alkanes) is 13. The lowest BCUT2D eigenvalue weighted by molar-refractivity contribution is -0.928. The van der Waals surface area contributed by atoms with Gasteiger partial charge in [-0.1, -0.05) is 97.8 Å². The average Bonchev–Trinajstić information content (AvgIpc) is 2.70. The number of quaternary nitrogens is 1. The number of nitrogens with zero attached hydrogens (tertiary/aromatic N) is 1. The summed E-state index contributed by atoms with van der Waals surface area (Å²) in [6.07, 6.45) is 21.7. The predicted octanol–water partition coefficient (Wildman–Crippen LogP) is 7.38. The van der Waals surface area contributed by atoms with Gasteiger partial charge < -0.3 is 4.48 Å². The lowest BCUT2D eigenvalue weighted by Crippen LogP contribution is -2.51. The molecule has 0 bridgehead atoms. The van der Waals surface area contributed by atoms with Crippen molar-refractivity contribution in [1.29, 1.82) is 0 Å². The molecule has 0 amide bonds. The quantitative estimate of drug-likeness (QED) is 0.101. The van der Waals surface area contributed by atoms with Crippen molar-refractivity contribution in [2.75, 3.05) is 31.9 Å². The highest BCUT2D eigenvalue weighted by molar-refractivity contribution is 7.85. The van der Waals surface area contributed by atoms with E-state index in [1.165, 1.54) is 109 Å². The van der Waals surface area contributed by atoms with E-state index in [2.05, 4.69) is 20.8 Å². The van der Waals surface area contributed by atoms with Crippen LogP contribution in [0.3, 0.4) is 0 Å². The Morgan fingerprint density at radius 2 is 0.833 bits per heavy atom. The summed E-state index contributed by atoms with van der Waals surface area (Å²) in [6, 6.07) is 0. The van der Waals surface area contributed by atoms with Gasteiger partial charge in [0, 0.05) is 6.42 Å². The molecule has 0 aromatic heterocycles. The van der Waals surface area contributed by atoms with Gasteiger partial charge in [-0.25, -0.2) is 0 Å². The normalized spacial score (nSPS) is 12.5. The van der Waals surface area contributed by atoms with E-state index >= 15 is 0 Å². The maximum absolute atomic E-state index is 11.2. The van der Waals surface area contributed by atoms with Crippen LogP contribution in [-0.2, 0) is 10.1 Å². The second-order valence-corrected chi connectivity index (χ2v) is 11.0. The van der Waals surface area contributed by atoms with E-state index in [9.17, 15) is 8.42 Å². The van der Waals surface area contributed by atoms with Crippen molar-refractivity contribution in [3.05, 3.63) is 0 Å². The Morgan fingerprint density at radius 1 is 0.500 bits per heavy atom. The highest BCUT2D eigenvalue weighted by Crippen LogP contribution is 2.18. The number of hydrogen-bond donors (Lipinski definition) is 1. The van der Waals surface area contributed by atoms with E-state index in [1.54, 1.807) is 0 Å². The summed E-state index contributed by atoms with van der Waals surface area (Å²) in [5.41, 5.74) is 0. The van der Waals surface area contributed by atoms with Crippen molar-refractivity contribution in [3.8, 4) is 0 Å². The van der Waals surface area contributed by atoms with E-state index in [0.717, 1.165) is 24.1 Å². The molecule has 1 N–H and O–H groups in total. The second kappa shape index (κ2) is 19.5. The van der Waals surface area contributed by atoms with E-state index in [4.69, 9.17) is 4.55 Å². The molecule has 0 atom stereocenters. The molecule has 0 aliphatic heterocycles. The van der Waals surface area contributed by atoms with Crippen LogP contribution in [0, 0.1) is 0 Å². The van der Waals surface area contributed by atoms with Crippen LogP contribution in [0.2, 0.25) is 0 Å². The monoisotopic (exact) mass is 448 g/mol. The van der Waals surface area contributed by atoms with Gasteiger partial charge in [0.2, 0.25) is 0 Å². The SMILES string of the molecule is CCCCCCCCCCCCCC[N+](CCCC)(CCCC)CCCS(=O)(=O)O. The molecule has 182 valence electrons. The molecule has 0 saturated carbocycles. The first-order valence-electron chi connectivity index (χ1n) is 13.2. The molecule has 30 heavy (non-hydrogen) atoms. The molecule has 0 aliphatic carbocycles. The topological polar surface area (TPSA) is 54.4 Å². The highest BCUT2D eigenvalue weighted by atomic mass is 32.2. The minimum atomic E-state index is -3.84. The van der Waals surface area contributed by atoms with E-state index < -0.39 is 10.1 Å². The van der Waals surface area contributed by atoms with Crippen molar-refractivity contribution in [2.45, 2.75) is 130 Å². The van der Waals surface area contributed by atoms with Crippen molar-refractivity contribution in [2.24, 2.45) is 0 Å². The Kier molecular flexibility index (Phi) is 19.5.